The van der Waals surface area contributed by atoms with Gasteiger partial charge in [0, 0.05) is 6.54 Å². The van der Waals surface area contributed by atoms with Gasteiger partial charge in [0.2, 0.25) is 10.0 Å². The molecular weight excluding hydrogens is 342 g/mol. The number of ether oxygens (including phenoxy) is 2. The molecule has 0 aromatic heterocycles. The monoisotopic (exact) mass is 363 g/mol. The van der Waals surface area contributed by atoms with E-state index in [4.69, 9.17) is 4.74 Å². The molecule has 7 heteroatoms. The molecule has 2 aromatic rings. The first-order valence-electron chi connectivity index (χ1n) is 7.77. The SMILES string of the molecule is CCOc1ccc(CNS(=O)(=O)c2ccc(C)c(C(=O)OC)c2)cc1. The molecule has 0 aliphatic rings. The summed E-state index contributed by atoms with van der Waals surface area (Å²) in [6.07, 6.45) is 0. The predicted molar refractivity (Wildman–Crippen MR) is 94.2 cm³/mol. The van der Waals surface area contributed by atoms with Gasteiger partial charge in [-0.25, -0.2) is 17.9 Å². The highest BCUT2D eigenvalue weighted by atomic mass is 32.2. The van der Waals surface area contributed by atoms with Crippen LogP contribution in [-0.2, 0) is 21.3 Å². The fraction of sp³-hybridized carbons (Fsp3) is 0.278. The Morgan fingerprint density at radius 2 is 1.80 bits per heavy atom. The Bertz CT molecular complexity index is 844. The van der Waals surface area contributed by atoms with Crippen molar-refractivity contribution in [2.45, 2.75) is 25.3 Å². The first kappa shape index (κ1) is 19.0. The van der Waals surface area contributed by atoms with E-state index in [0.717, 1.165) is 11.3 Å². The highest BCUT2D eigenvalue weighted by molar-refractivity contribution is 7.89. The molecular formula is C18H21NO5S. The van der Waals surface area contributed by atoms with Crippen LogP contribution in [0.4, 0.5) is 0 Å². The minimum absolute atomic E-state index is 0.0180. The lowest BCUT2D eigenvalue weighted by molar-refractivity contribution is 0.0599. The third kappa shape index (κ3) is 4.80. The Labute approximate surface area is 147 Å². The highest BCUT2D eigenvalue weighted by Crippen LogP contribution is 2.17. The first-order valence-corrected chi connectivity index (χ1v) is 9.26. The quantitative estimate of drug-likeness (QED) is 0.765. The average Bonchev–Trinajstić information content (AvgIpc) is 2.61. The summed E-state index contributed by atoms with van der Waals surface area (Å²) in [5.74, 6) is 0.163. The zero-order valence-electron chi connectivity index (χ0n) is 14.4. The van der Waals surface area contributed by atoms with Gasteiger partial charge in [-0.2, -0.15) is 0 Å². The van der Waals surface area contributed by atoms with Crippen molar-refractivity contribution in [1.29, 1.82) is 0 Å². The molecule has 2 rings (SSSR count). The number of nitrogens with one attached hydrogen (secondary N) is 1. The van der Waals surface area contributed by atoms with Gasteiger partial charge >= 0.3 is 5.97 Å². The van der Waals surface area contributed by atoms with Gasteiger partial charge < -0.3 is 9.47 Å². The van der Waals surface area contributed by atoms with Crippen molar-refractivity contribution in [3.8, 4) is 5.75 Å². The van der Waals surface area contributed by atoms with Gasteiger partial charge in [0.1, 0.15) is 5.75 Å². The molecule has 0 atom stereocenters. The van der Waals surface area contributed by atoms with Crippen LogP contribution in [0.15, 0.2) is 47.4 Å². The summed E-state index contributed by atoms with van der Waals surface area (Å²) < 4.78 is 37.5. The average molecular weight is 363 g/mol. The standard InChI is InChI=1S/C18H21NO5S/c1-4-24-15-8-6-14(7-9-15)12-19-25(21,22)16-10-5-13(2)17(11-16)18(20)23-3/h5-11,19H,4,12H2,1-3H3. The molecule has 0 radical (unpaired) electrons. The maximum Gasteiger partial charge on any atom is 0.338 e. The largest absolute Gasteiger partial charge is 0.494 e. The van der Waals surface area contributed by atoms with Gasteiger partial charge in [0.15, 0.2) is 0 Å². The maximum absolute atomic E-state index is 12.5. The summed E-state index contributed by atoms with van der Waals surface area (Å²) in [5.41, 5.74) is 1.68. The van der Waals surface area contributed by atoms with E-state index in [-0.39, 0.29) is 17.0 Å². The second kappa shape index (κ2) is 8.13. The van der Waals surface area contributed by atoms with Crippen LogP contribution in [0, 0.1) is 6.92 Å². The number of rotatable bonds is 7. The van der Waals surface area contributed by atoms with Crippen molar-refractivity contribution in [3.63, 3.8) is 0 Å². The molecule has 0 aliphatic heterocycles. The van der Waals surface area contributed by atoms with Gasteiger partial charge in [0.25, 0.3) is 0 Å². The van der Waals surface area contributed by atoms with Crippen molar-refractivity contribution in [3.05, 3.63) is 59.2 Å². The van der Waals surface area contributed by atoms with Crippen LogP contribution in [0.1, 0.15) is 28.4 Å². The minimum atomic E-state index is -3.75. The number of carbonyl (C=O) groups is 1. The Balaban J connectivity index is 2.15. The number of methoxy groups -OCH3 is 1. The molecule has 0 saturated heterocycles. The first-order chi connectivity index (χ1) is 11.9. The summed E-state index contributed by atoms with van der Waals surface area (Å²) in [5, 5.41) is 0. The lowest BCUT2D eigenvalue weighted by Gasteiger charge is -2.10. The van der Waals surface area contributed by atoms with Crippen LogP contribution in [0.5, 0.6) is 5.75 Å². The fourth-order valence-corrected chi connectivity index (χ4v) is 3.27. The molecule has 0 saturated carbocycles. The van der Waals surface area contributed by atoms with Crippen LogP contribution < -0.4 is 9.46 Å². The zero-order chi connectivity index (χ0) is 18.4. The van der Waals surface area contributed by atoms with Crippen molar-refractivity contribution < 1.29 is 22.7 Å². The van der Waals surface area contributed by atoms with E-state index in [9.17, 15) is 13.2 Å². The third-order valence-electron chi connectivity index (χ3n) is 3.63. The Hall–Kier alpha value is -2.38. The van der Waals surface area contributed by atoms with E-state index < -0.39 is 16.0 Å². The second-order valence-corrected chi connectivity index (χ2v) is 7.14. The number of benzene rings is 2. The number of sulfonamides is 1. The Kier molecular flexibility index (Phi) is 6.17. The smallest absolute Gasteiger partial charge is 0.338 e. The summed E-state index contributed by atoms with van der Waals surface area (Å²) in [6, 6.07) is 11.5. The molecule has 6 nitrogen and oxygen atoms in total. The van der Waals surface area contributed by atoms with E-state index >= 15 is 0 Å². The zero-order valence-corrected chi connectivity index (χ0v) is 15.2. The molecule has 1 N–H and O–H groups in total. The molecule has 0 bridgehead atoms. The molecule has 0 amide bonds. The van der Waals surface area contributed by atoms with Gasteiger partial charge in [-0.1, -0.05) is 18.2 Å². The van der Waals surface area contributed by atoms with E-state index in [1.54, 1.807) is 37.3 Å². The summed E-state index contributed by atoms with van der Waals surface area (Å²) in [4.78, 5) is 11.7. The Morgan fingerprint density at radius 3 is 2.40 bits per heavy atom. The second-order valence-electron chi connectivity index (χ2n) is 5.37. The predicted octanol–water partition coefficient (Wildman–Crippen LogP) is 2.66. The van der Waals surface area contributed by atoms with Gasteiger partial charge in [-0.05, 0) is 49.2 Å². The van der Waals surface area contributed by atoms with Crippen LogP contribution in [0.3, 0.4) is 0 Å². The number of hydrogen-bond donors (Lipinski definition) is 1. The maximum atomic E-state index is 12.5. The molecule has 0 heterocycles. The number of aryl methyl sites for hydroxylation is 1. The molecule has 0 aliphatic carbocycles. The number of carbonyl (C=O) groups excluding carboxylic acids is 1. The van der Waals surface area contributed by atoms with E-state index in [1.165, 1.54) is 19.2 Å². The van der Waals surface area contributed by atoms with Crippen LogP contribution >= 0.6 is 0 Å². The van der Waals surface area contributed by atoms with Crippen molar-refractivity contribution in [2.24, 2.45) is 0 Å². The van der Waals surface area contributed by atoms with E-state index in [0.29, 0.717) is 12.2 Å². The van der Waals surface area contributed by atoms with Crippen LogP contribution in [0.25, 0.3) is 0 Å². The third-order valence-corrected chi connectivity index (χ3v) is 5.02. The van der Waals surface area contributed by atoms with Crippen molar-refractivity contribution in [1.82, 2.24) is 4.72 Å². The van der Waals surface area contributed by atoms with Crippen LogP contribution in [-0.4, -0.2) is 28.1 Å². The summed E-state index contributed by atoms with van der Waals surface area (Å²) in [7, 11) is -2.49. The lowest BCUT2D eigenvalue weighted by atomic mass is 10.1. The number of hydrogen-bond acceptors (Lipinski definition) is 5. The molecule has 2 aromatic carbocycles. The van der Waals surface area contributed by atoms with Crippen molar-refractivity contribution in [2.75, 3.05) is 13.7 Å². The van der Waals surface area contributed by atoms with Gasteiger partial charge in [-0.15, -0.1) is 0 Å². The molecule has 134 valence electrons. The van der Waals surface area contributed by atoms with E-state index in [1.807, 2.05) is 6.92 Å². The number of esters is 1. The minimum Gasteiger partial charge on any atom is -0.494 e. The fourth-order valence-electron chi connectivity index (χ4n) is 2.23. The van der Waals surface area contributed by atoms with Crippen LogP contribution in [0.2, 0.25) is 0 Å². The highest BCUT2D eigenvalue weighted by Gasteiger charge is 2.18. The molecule has 25 heavy (non-hydrogen) atoms. The topological polar surface area (TPSA) is 81.7 Å². The van der Waals surface area contributed by atoms with Gasteiger partial charge in [-0.3, -0.25) is 0 Å². The normalized spacial score (nSPS) is 11.2. The summed E-state index contributed by atoms with van der Waals surface area (Å²) >= 11 is 0. The molecule has 0 spiro atoms. The Morgan fingerprint density at radius 1 is 1.12 bits per heavy atom. The van der Waals surface area contributed by atoms with Crippen molar-refractivity contribution >= 4 is 16.0 Å². The van der Waals surface area contributed by atoms with E-state index in [2.05, 4.69) is 9.46 Å². The lowest BCUT2D eigenvalue weighted by Crippen LogP contribution is -2.23. The summed E-state index contributed by atoms with van der Waals surface area (Å²) in [6.45, 7) is 4.32. The molecule has 0 unspecified atom stereocenters. The molecule has 0 fully saturated rings. The van der Waals surface area contributed by atoms with Gasteiger partial charge in [0.05, 0.1) is 24.2 Å².